The molecule has 1 aliphatic heterocycles. The first-order valence-electron chi connectivity index (χ1n) is 8.51. The van der Waals surface area contributed by atoms with Gasteiger partial charge in [-0.15, -0.1) is 0 Å². The Labute approximate surface area is 149 Å². The fourth-order valence-electron chi connectivity index (χ4n) is 3.41. The van der Waals surface area contributed by atoms with Crippen LogP contribution in [0.25, 0.3) is 11.1 Å². The van der Waals surface area contributed by atoms with E-state index in [2.05, 4.69) is 4.98 Å². The monoisotopic (exact) mass is 351 g/mol. The molecular weight excluding hydrogens is 334 g/mol. The van der Waals surface area contributed by atoms with Crippen LogP contribution in [0.4, 0.5) is 5.69 Å². The molecule has 2 heterocycles. The van der Waals surface area contributed by atoms with E-state index in [1.54, 1.807) is 17.0 Å². The van der Waals surface area contributed by atoms with Gasteiger partial charge in [0.1, 0.15) is 11.1 Å². The summed E-state index contributed by atoms with van der Waals surface area (Å²) in [6.07, 6.45) is 1.67. The van der Waals surface area contributed by atoms with Crippen LogP contribution in [0.2, 0.25) is 0 Å². The molecule has 0 N–H and O–H groups in total. The van der Waals surface area contributed by atoms with E-state index >= 15 is 0 Å². The third-order valence-corrected chi connectivity index (χ3v) is 4.70. The summed E-state index contributed by atoms with van der Waals surface area (Å²) in [6, 6.07) is 13.6. The van der Waals surface area contributed by atoms with Gasteiger partial charge in [-0.05, 0) is 31.0 Å². The maximum Gasteiger partial charge on any atom is 0.282 e. The highest BCUT2D eigenvalue weighted by Crippen LogP contribution is 2.30. The summed E-state index contributed by atoms with van der Waals surface area (Å²) in [5, 5.41) is 11.2. The molecule has 132 valence electrons. The molecule has 0 bridgehead atoms. The number of benzene rings is 2. The van der Waals surface area contributed by atoms with Gasteiger partial charge in [-0.25, -0.2) is 4.98 Å². The summed E-state index contributed by atoms with van der Waals surface area (Å²) in [7, 11) is 0. The molecular formula is C19H17N3O4. The summed E-state index contributed by atoms with van der Waals surface area (Å²) in [4.78, 5) is 29.7. The van der Waals surface area contributed by atoms with Crippen LogP contribution in [0, 0.1) is 10.1 Å². The van der Waals surface area contributed by atoms with E-state index in [0.29, 0.717) is 19.0 Å². The first-order valence-corrected chi connectivity index (χ1v) is 8.51. The van der Waals surface area contributed by atoms with E-state index in [9.17, 15) is 14.9 Å². The zero-order chi connectivity index (χ0) is 18.1. The largest absolute Gasteiger partial charge is 0.440 e. The number of nitro benzene ring substituents is 1. The molecule has 0 spiro atoms. The molecule has 0 radical (unpaired) electrons. The van der Waals surface area contributed by atoms with Crippen molar-refractivity contribution in [1.29, 1.82) is 0 Å². The fraction of sp³-hybridized carbons (Fsp3) is 0.263. The third kappa shape index (κ3) is 2.92. The molecule has 0 aliphatic carbocycles. The number of piperidine rings is 1. The Hall–Kier alpha value is -3.22. The van der Waals surface area contributed by atoms with Crippen LogP contribution in [0.5, 0.6) is 0 Å². The van der Waals surface area contributed by atoms with Gasteiger partial charge in [0, 0.05) is 19.2 Å². The van der Waals surface area contributed by atoms with Gasteiger partial charge in [0.15, 0.2) is 11.5 Å². The summed E-state index contributed by atoms with van der Waals surface area (Å²) in [5.41, 5.74) is 1.48. The number of para-hydroxylation sites is 3. The normalized spacial score (nSPS) is 17.4. The van der Waals surface area contributed by atoms with E-state index in [0.717, 1.165) is 23.9 Å². The van der Waals surface area contributed by atoms with Crippen molar-refractivity contribution in [2.75, 3.05) is 13.1 Å². The maximum atomic E-state index is 12.8. The molecule has 7 nitrogen and oxygen atoms in total. The number of nitrogens with zero attached hydrogens (tertiary/aromatic N) is 3. The van der Waals surface area contributed by atoms with Gasteiger partial charge < -0.3 is 9.32 Å². The van der Waals surface area contributed by atoms with Crippen molar-refractivity contribution in [2.45, 2.75) is 18.8 Å². The Balaban J connectivity index is 1.59. The molecule has 3 aromatic rings. The number of rotatable bonds is 3. The second kappa shape index (κ2) is 6.59. The highest BCUT2D eigenvalue weighted by molar-refractivity contribution is 5.98. The van der Waals surface area contributed by atoms with Gasteiger partial charge in [-0.3, -0.25) is 14.9 Å². The van der Waals surface area contributed by atoms with Crippen molar-refractivity contribution in [3.8, 4) is 0 Å². The van der Waals surface area contributed by atoms with Crippen LogP contribution in [-0.4, -0.2) is 33.8 Å². The predicted molar refractivity (Wildman–Crippen MR) is 95.0 cm³/mol. The predicted octanol–water partition coefficient (Wildman–Crippen LogP) is 3.76. The van der Waals surface area contributed by atoms with Gasteiger partial charge in [-0.2, -0.15) is 0 Å². The zero-order valence-corrected chi connectivity index (χ0v) is 14.0. The van der Waals surface area contributed by atoms with Crippen molar-refractivity contribution in [1.82, 2.24) is 9.88 Å². The lowest BCUT2D eigenvalue weighted by atomic mass is 9.97. The number of aromatic nitrogens is 1. The lowest BCUT2D eigenvalue weighted by Crippen LogP contribution is -2.39. The van der Waals surface area contributed by atoms with Crippen molar-refractivity contribution in [2.24, 2.45) is 0 Å². The SMILES string of the molecule is O=C(c1ccccc1[N+](=O)[O-])N1CCCC(c2nc3ccccc3o2)C1. The molecule has 1 aromatic heterocycles. The van der Waals surface area contributed by atoms with E-state index in [-0.39, 0.29) is 23.1 Å². The van der Waals surface area contributed by atoms with Crippen LogP contribution in [0.1, 0.15) is 35.0 Å². The number of fused-ring (bicyclic) bond motifs is 1. The number of hydrogen-bond acceptors (Lipinski definition) is 5. The topological polar surface area (TPSA) is 89.5 Å². The van der Waals surface area contributed by atoms with Crippen molar-refractivity contribution in [3.63, 3.8) is 0 Å². The van der Waals surface area contributed by atoms with E-state index in [1.165, 1.54) is 12.1 Å². The van der Waals surface area contributed by atoms with Gasteiger partial charge >= 0.3 is 0 Å². The summed E-state index contributed by atoms with van der Waals surface area (Å²) >= 11 is 0. The molecule has 0 saturated carbocycles. The molecule has 4 rings (SSSR count). The second-order valence-corrected chi connectivity index (χ2v) is 6.38. The molecule has 2 aromatic carbocycles. The minimum absolute atomic E-state index is 0.0112. The lowest BCUT2D eigenvalue weighted by molar-refractivity contribution is -0.385. The average molecular weight is 351 g/mol. The number of oxazole rings is 1. The van der Waals surface area contributed by atoms with Crippen molar-refractivity contribution in [3.05, 3.63) is 70.1 Å². The van der Waals surface area contributed by atoms with Crippen molar-refractivity contribution < 1.29 is 14.1 Å². The van der Waals surface area contributed by atoms with Gasteiger partial charge in [-0.1, -0.05) is 24.3 Å². The quantitative estimate of drug-likeness (QED) is 0.529. The molecule has 26 heavy (non-hydrogen) atoms. The number of carbonyl (C=O) groups is 1. The van der Waals surface area contributed by atoms with Gasteiger partial charge in [0.25, 0.3) is 11.6 Å². The molecule has 1 aliphatic rings. The van der Waals surface area contributed by atoms with Crippen molar-refractivity contribution >= 4 is 22.7 Å². The van der Waals surface area contributed by atoms with E-state index < -0.39 is 4.92 Å². The Bertz CT molecular complexity index is 949. The number of carbonyl (C=O) groups excluding carboxylic acids is 1. The Morgan fingerprint density at radius 1 is 1.19 bits per heavy atom. The number of hydrogen-bond donors (Lipinski definition) is 0. The van der Waals surface area contributed by atoms with E-state index in [4.69, 9.17) is 4.42 Å². The van der Waals surface area contributed by atoms with Gasteiger partial charge in [0.2, 0.25) is 0 Å². The number of nitro groups is 1. The molecule has 1 unspecified atom stereocenters. The van der Waals surface area contributed by atoms with Crippen LogP contribution < -0.4 is 0 Å². The van der Waals surface area contributed by atoms with Gasteiger partial charge in [0.05, 0.1) is 10.8 Å². The second-order valence-electron chi connectivity index (χ2n) is 6.38. The maximum absolute atomic E-state index is 12.8. The average Bonchev–Trinajstić information content (AvgIpc) is 3.12. The third-order valence-electron chi connectivity index (χ3n) is 4.70. The van der Waals surface area contributed by atoms with E-state index in [1.807, 2.05) is 24.3 Å². The summed E-state index contributed by atoms with van der Waals surface area (Å²) < 4.78 is 5.85. The highest BCUT2D eigenvalue weighted by Gasteiger charge is 2.31. The Morgan fingerprint density at radius 2 is 1.96 bits per heavy atom. The minimum atomic E-state index is -0.518. The molecule has 7 heteroatoms. The molecule has 1 atom stereocenters. The minimum Gasteiger partial charge on any atom is -0.440 e. The molecule has 1 amide bonds. The first-order chi connectivity index (χ1) is 12.6. The van der Waals surface area contributed by atoms with Crippen LogP contribution >= 0.6 is 0 Å². The molecule has 1 saturated heterocycles. The summed E-state index contributed by atoms with van der Waals surface area (Å²) in [5.74, 6) is 0.284. The lowest BCUT2D eigenvalue weighted by Gasteiger charge is -2.31. The molecule has 1 fully saturated rings. The Kier molecular flexibility index (Phi) is 4.12. The fourth-order valence-corrected chi connectivity index (χ4v) is 3.41. The van der Waals surface area contributed by atoms with Crippen LogP contribution in [-0.2, 0) is 0 Å². The highest BCUT2D eigenvalue weighted by atomic mass is 16.6. The summed E-state index contributed by atoms with van der Waals surface area (Å²) in [6.45, 7) is 1.01. The number of amides is 1. The smallest absolute Gasteiger partial charge is 0.282 e. The first kappa shape index (κ1) is 16.3. The number of likely N-dealkylation sites (tertiary alicyclic amines) is 1. The standard InChI is InChI=1S/C19H17N3O4/c23-19(14-7-1-3-9-16(14)22(24)25)21-11-5-6-13(12-21)18-20-15-8-2-4-10-17(15)26-18/h1-4,7-10,13H,5-6,11-12H2. The Morgan fingerprint density at radius 3 is 2.77 bits per heavy atom. The van der Waals surface area contributed by atoms with Crippen LogP contribution in [0.3, 0.4) is 0 Å². The van der Waals surface area contributed by atoms with Crippen LogP contribution in [0.15, 0.2) is 52.9 Å². The zero-order valence-electron chi connectivity index (χ0n) is 14.0.